The van der Waals surface area contributed by atoms with E-state index in [1.807, 2.05) is 38.1 Å². The highest BCUT2D eigenvalue weighted by Crippen LogP contribution is 2.30. The summed E-state index contributed by atoms with van der Waals surface area (Å²) in [6, 6.07) is 8.49. The van der Waals surface area contributed by atoms with Crippen LogP contribution in [0.15, 0.2) is 24.3 Å². The molecule has 26 heavy (non-hydrogen) atoms. The number of carbonyl (C=O) groups excluding carboxylic acids is 1. The van der Waals surface area contributed by atoms with Gasteiger partial charge >= 0.3 is 0 Å². The van der Waals surface area contributed by atoms with Crippen molar-refractivity contribution in [3.63, 3.8) is 0 Å². The van der Waals surface area contributed by atoms with Crippen molar-refractivity contribution in [3.05, 3.63) is 35.4 Å². The number of amides is 1. The second-order valence-electron chi connectivity index (χ2n) is 8.72. The molecule has 2 heterocycles. The van der Waals surface area contributed by atoms with E-state index >= 15 is 0 Å². The van der Waals surface area contributed by atoms with Crippen molar-refractivity contribution in [3.8, 4) is 0 Å². The number of piperidine rings is 2. The average Bonchev–Trinajstić information content (AvgIpc) is 2.64. The molecule has 2 atom stereocenters. The molecule has 0 radical (unpaired) electrons. The van der Waals surface area contributed by atoms with Crippen LogP contribution in [0.1, 0.15) is 68.3 Å². The number of hydrogen-bond acceptors (Lipinski definition) is 3. The molecule has 3 rings (SSSR count). The first-order valence-electron chi connectivity index (χ1n) is 10.3. The summed E-state index contributed by atoms with van der Waals surface area (Å²) in [6.45, 7) is 6.90. The normalized spacial score (nSPS) is 24.1. The van der Waals surface area contributed by atoms with Crippen molar-refractivity contribution < 1.29 is 9.90 Å². The number of fused-ring (bicyclic) bond motifs is 1. The fourth-order valence-electron chi connectivity index (χ4n) is 4.46. The zero-order chi connectivity index (χ0) is 18.6. The van der Waals surface area contributed by atoms with Gasteiger partial charge < -0.3 is 15.3 Å². The third kappa shape index (κ3) is 5.31. The van der Waals surface area contributed by atoms with Crippen LogP contribution in [0.4, 0.5) is 0 Å². The summed E-state index contributed by atoms with van der Waals surface area (Å²) in [6.07, 6.45) is 7.90. The Morgan fingerprint density at radius 2 is 2.04 bits per heavy atom. The molecule has 0 saturated carbocycles. The molecule has 0 aromatic heterocycles. The van der Waals surface area contributed by atoms with Crippen molar-refractivity contribution >= 4 is 5.91 Å². The van der Waals surface area contributed by atoms with Crippen molar-refractivity contribution in [2.45, 2.75) is 70.4 Å². The van der Waals surface area contributed by atoms with E-state index in [0.717, 1.165) is 24.1 Å². The van der Waals surface area contributed by atoms with Gasteiger partial charge in [0.25, 0.3) is 5.91 Å². The summed E-state index contributed by atoms with van der Waals surface area (Å²) < 4.78 is 0. The van der Waals surface area contributed by atoms with Gasteiger partial charge in [-0.2, -0.15) is 0 Å². The first-order chi connectivity index (χ1) is 12.4. The van der Waals surface area contributed by atoms with Crippen molar-refractivity contribution in [1.29, 1.82) is 0 Å². The molecule has 0 spiro atoms. The third-order valence-corrected chi connectivity index (χ3v) is 5.97. The number of rotatable bonds is 6. The number of benzene rings is 1. The zero-order valence-corrected chi connectivity index (χ0v) is 16.3. The monoisotopic (exact) mass is 358 g/mol. The predicted octanol–water partition coefficient (Wildman–Crippen LogP) is 3.38. The van der Waals surface area contributed by atoms with Crippen molar-refractivity contribution in [2.24, 2.45) is 5.92 Å². The number of hydrogen-bond donors (Lipinski definition) is 2. The maximum absolute atomic E-state index is 12.6. The molecule has 0 aliphatic carbocycles. The number of carbonyl (C=O) groups is 1. The second-order valence-corrected chi connectivity index (χ2v) is 8.72. The summed E-state index contributed by atoms with van der Waals surface area (Å²) in [5.41, 5.74) is 1.16. The Morgan fingerprint density at radius 3 is 2.85 bits per heavy atom. The van der Waals surface area contributed by atoms with E-state index in [-0.39, 0.29) is 5.91 Å². The number of nitrogens with zero attached hydrogens (tertiary/aromatic N) is 1. The molecule has 2 fully saturated rings. The van der Waals surface area contributed by atoms with E-state index in [0.29, 0.717) is 18.4 Å². The van der Waals surface area contributed by atoms with Gasteiger partial charge in [0.05, 0.1) is 5.60 Å². The highest BCUT2D eigenvalue weighted by Gasteiger charge is 2.32. The first kappa shape index (κ1) is 19.4. The van der Waals surface area contributed by atoms with Gasteiger partial charge in [-0.1, -0.05) is 18.6 Å². The Kier molecular flexibility index (Phi) is 6.36. The van der Waals surface area contributed by atoms with Gasteiger partial charge in [0.15, 0.2) is 0 Å². The lowest BCUT2D eigenvalue weighted by atomic mass is 9.83. The SMILES string of the molecule is CC(C)(O)CCc1cccc(C(=O)NC[C@@H]2CCCN3CCCC[C@H]23)c1. The lowest BCUT2D eigenvalue weighted by Crippen LogP contribution is -2.51. The molecule has 1 amide bonds. The first-order valence-corrected chi connectivity index (χ1v) is 10.3. The molecular weight excluding hydrogens is 324 g/mol. The fraction of sp³-hybridized carbons (Fsp3) is 0.682. The number of aliphatic hydroxyl groups is 1. The van der Waals surface area contributed by atoms with Gasteiger partial charge in [0.1, 0.15) is 0 Å². The van der Waals surface area contributed by atoms with Gasteiger partial charge in [0, 0.05) is 18.2 Å². The summed E-state index contributed by atoms with van der Waals surface area (Å²) in [5, 5.41) is 13.1. The van der Waals surface area contributed by atoms with Crippen LogP contribution in [-0.4, -0.2) is 47.2 Å². The minimum atomic E-state index is -0.675. The lowest BCUT2D eigenvalue weighted by Gasteiger charge is -2.44. The molecule has 2 aliphatic rings. The maximum Gasteiger partial charge on any atom is 0.251 e. The minimum Gasteiger partial charge on any atom is -0.390 e. The summed E-state index contributed by atoms with van der Waals surface area (Å²) >= 11 is 0. The molecule has 2 N–H and O–H groups in total. The highest BCUT2D eigenvalue weighted by atomic mass is 16.3. The molecule has 2 aliphatic heterocycles. The van der Waals surface area contributed by atoms with E-state index in [4.69, 9.17) is 0 Å². The van der Waals surface area contributed by atoms with Gasteiger partial charge in [-0.25, -0.2) is 0 Å². The standard InChI is InChI=1S/C22H34N2O2/c1-22(2,26)12-11-17-7-5-8-18(15-17)21(25)23-16-19-9-6-14-24-13-4-3-10-20(19)24/h5,7-8,15,19-20,26H,3-4,6,9-14,16H2,1-2H3,(H,23,25)/t19-,20+/m0/s1. The topological polar surface area (TPSA) is 52.6 Å². The Bertz CT molecular complexity index is 606. The zero-order valence-electron chi connectivity index (χ0n) is 16.3. The molecule has 4 nitrogen and oxygen atoms in total. The Morgan fingerprint density at radius 1 is 1.23 bits per heavy atom. The number of aryl methyl sites for hydroxylation is 1. The van der Waals surface area contributed by atoms with Crippen LogP contribution < -0.4 is 5.32 Å². The summed E-state index contributed by atoms with van der Waals surface area (Å²) in [4.78, 5) is 15.3. The molecule has 1 aromatic rings. The van der Waals surface area contributed by atoms with Crippen LogP contribution in [-0.2, 0) is 6.42 Å². The highest BCUT2D eigenvalue weighted by molar-refractivity contribution is 5.94. The quantitative estimate of drug-likeness (QED) is 0.820. The molecule has 144 valence electrons. The Labute approximate surface area is 158 Å². The van der Waals surface area contributed by atoms with Crippen LogP contribution >= 0.6 is 0 Å². The molecule has 0 bridgehead atoms. The summed E-state index contributed by atoms with van der Waals surface area (Å²) in [7, 11) is 0. The molecule has 1 aromatic carbocycles. The maximum atomic E-state index is 12.6. The predicted molar refractivity (Wildman–Crippen MR) is 105 cm³/mol. The lowest BCUT2D eigenvalue weighted by molar-refractivity contribution is 0.0575. The van der Waals surface area contributed by atoms with Crippen LogP contribution in [0.5, 0.6) is 0 Å². The smallest absolute Gasteiger partial charge is 0.251 e. The molecule has 4 heteroatoms. The Hall–Kier alpha value is -1.39. The van der Waals surface area contributed by atoms with Crippen LogP contribution in [0.2, 0.25) is 0 Å². The second kappa shape index (κ2) is 8.53. The molecular formula is C22H34N2O2. The average molecular weight is 359 g/mol. The summed E-state index contributed by atoms with van der Waals surface area (Å²) in [5.74, 6) is 0.620. The van der Waals surface area contributed by atoms with E-state index in [2.05, 4.69) is 10.2 Å². The van der Waals surface area contributed by atoms with E-state index in [9.17, 15) is 9.90 Å². The molecule has 0 unspecified atom stereocenters. The third-order valence-electron chi connectivity index (χ3n) is 5.97. The van der Waals surface area contributed by atoms with Crippen molar-refractivity contribution in [1.82, 2.24) is 10.2 Å². The Balaban J connectivity index is 1.54. The van der Waals surface area contributed by atoms with Gasteiger partial charge in [-0.3, -0.25) is 4.79 Å². The van der Waals surface area contributed by atoms with E-state index in [1.54, 1.807) is 0 Å². The van der Waals surface area contributed by atoms with Gasteiger partial charge in [-0.05, 0) is 89.1 Å². The van der Waals surface area contributed by atoms with Gasteiger partial charge in [-0.15, -0.1) is 0 Å². The molecule has 2 saturated heterocycles. The van der Waals surface area contributed by atoms with E-state index in [1.165, 1.54) is 45.2 Å². The van der Waals surface area contributed by atoms with Crippen LogP contribution in [0.3, 0.4) is 0 Å². The van der Waals surface area contributed by atoms with Gasteiger partial charge in [0.2, 0.25) is 0 Å². The fourth-order valence-corrected chi connectivity index (χ4v) is 4.46. The minimum absolute atomic E-state index is 0.0306. The van der Waals surface area contributed by atoms with Crippen LogP contribution in [0, 0.1) is 5.92 Å². The van der Waals surface area contributed by atoms with E-state index < -0.39 is 5.60 Å². The van der Waals surface area contributed by atoms with Crippen molar-refractivity contribution in [2.75, 3.05) is 19.6 Å². The number of nitrogens with one attached hydrogen (secondary N) is 1. The largest absolute Gasteiger partial charge is 0.390 e. The van der Waals surface area contributed by atoms with Crippen LogP contribution in [0.25, 0.3) is 0 Å².